The Labute approximate surface area is 227 Å². The van der Waals surface area contributed by atoms with Crippen LogP contribution in [-0.2, 0) is 12.8 Å². The summed E-state index contributed by atoms with van der Waals surface area (Å²) in [6.45, 7) is 22.1. The fourth-order valence-corrected chi connectivity index (χ4v) is 4.42. The summed E-state index contributed by atoms with van der Waals surface area (Å²) < 4.78 is 0. The molecular formula is C31H44N2OS2. The quantitative estimate of drug-likeness (QED) is 0.281. The van der Waals surface area contributed by atoms with Gasteiger partial charge in [-0.3, -0.25) is 0 Å². The first kappa shape index (κ1) is 31.7. The maximum absolute atomic E-state index is 10.0. The molecule has 0 amide bonds. The SMILES string of the molecule is C=C/C(C)=C\C[C@H](C)/C(C)=C/c1csc(CC)n1.C=C/C(C)=C\C[C@H](O)/C(C)=C/c1csc(CC)n1. The maximum atomic E-state index is 10.0. The van der Waals surface area contributed by atoms with E-state index in [0.29, 0.717) is 12.3 Å². The van der Waals surface area contributed by atoms with Crippen LogP contribution < -0.4 is 0 Å². The first-order valence-electron chi connectivity index (χ1n) is 12.6. The minimum atomic E-state index is -0.452. The van der Waals surface area contributed by atoms with Crippen molar-refractivity contribution in [2.75, 3.05) is 0 Å². The molecule has 5 heteroatoms. The molecular weight excluding hydrogens is 480 g/mol. The van der Waals surface area contributed by atoms with Gasteiger partial charge in [0.1, 0.15) is 0 Å². The third kappa shape index (κ3) is 12.1. The number of aryl methyl sites for hydroxylation is 2. The summed E-state index contributed by atoms with van der Waals surface area (Å²) >= 11 is 3.41. The van der Waals surface area contributed by atoms with Gasteiger partial charge in [-0.2, -0.15) is 0 Å². The van der Waals surface area contributed by atoms with Crippen molar-refractivity contribution in [2.24, 2.45) is 5.92 Å². The first-order valence-corrected chi connectivity index (χ1v) is 14.4. The van der Waals surface area contributed by atoms with Crippen LogP contribution in [0.2, 0.25) is 0 Å². The third-order valence-corrected chi connectivity index (χ3v) is 7.92. The Bertz CT molecular complexity index is 996. The van der Waals surface area contributed by atoms with Crippen LogP contribution in [0.15, 0.2) is 70.5 Å². The molecule has 1 N–H and O–H groups in total. The van der Waals surface area contributed by atoms with Gasteiger partial charge in [0.25, 0.3) is 0 Å². The zero-order valence-corrected chi connectivity index (χ0v) is 24.8. The van der Waals surface area contributed by atoms with Crippen LogP contribution >= 0.6 is 22.7 Å². The number of aliphatic hydroxyl groups is 1. The minimum absolute atomic E-state index is 0.452. The summed E-state index contributed by atoms with van der Waals surface area (Å²) in [4.78, 5) is 9.04. The molecule has 0 unspecified atom stereocenters. The molecule has 2 heterocycles. The molecule has 0 saturated carbocycles. The highest BCUT2D eigenvalue weighted by Gasteiger charge is 2.06. The number of rotatable bonds is 12. The fourth-order valence-electron chi connectivity index (χ4n) is 3.01. The standard InChI is InChI=1S/C16H23NS.C15H21NOS/c1-6-12(3)8-9-13(4)14(5)10-15-11-18-16(7-2)17-15;1-5-11(3)7-8-14(17)12(4)9-13-10-18-15(6-2)16-13/h6,8,10-11,13H,1,7,9H2,2-5H3;5,7,9-10,14,17H,1,6,8H2,2-4H3/b12-8-,14-10+;11-7-,12-9+/t13-;14-/m00/s1. The molecule has 0 saturated heterocycles. The number of allylic oxidation sites excluding steroid dienone is 6. The van der Waals surface area contributed by atoms with E-state index < -0.39 is 6.10 Å². The molecule has 0 fully saturated rings. The number of hydrogen-bond acceptors (Lipinski definition) is 5. The second-order valence-corrected chi connectivity index (χ2v) is 10.9. The summed E-state index contributed by atoms with van der Waals surface area (Å²) in [5, 5.41) is 16.5. The summed E-state index contributed by atoms with van der Waals surface area (Å²) in [5.74, 6) is 0.548. The Morgan fingerprint density at radius 2 is 1.28 bits per heavy atom. The Morgan fingerprint density at radius 1 is 0.833 bits per heavy atom. The molecule has 2 aromatic heterocycles. The third-order valence-electron chi connectivity index (χ3n) is 5.90. The molecule has 196 valence electrons. The van der Waals surface area contributed by atoms with Gasteiger partial charge in [0.05, 0.1) is 27.5 Å². The monoisotopic (exact) mass is 524 g/mol. The molecule has 0 bridgehead atoms. The van der Waals surface area contributed by atoms with Gasteiger partial charge in [0.15, 0.2) is 0 Å². The fraction of sp³-hybridized carbons (Fsp3) is 0.419. The van der Waals surface area contributed by atoms with Crippen LogP contribution in [0.1, 0.15) is 82.7 Å². The average Bonchev–Trinajstić information content (AvgIpc) is 3.54. The summed E-state index contributed by atoms with van der Waals surface area (Å²) in [5.41, 5.74) is 6.70. The van der Waals surface area contributed by atoms with Gasteiger partial charge in [-0.05, 0) is 77.0 Å². The highest BCUT2D eigenvalue weighted by atomic mass is 32.1. The van der Waals surface area contributed by atoms with Crippen molar-refractivity contribution in [3.05, 3.63) is 91.9 Å². The Hall–Kier alpha value is -2.34. The van der Waals surface area contributed by atoms with E-state index in [1.165, 1.54) is 16.2 Å². The van der Waals surface area contributed by atoms with Crippen LogP contribution in [0.5, 0.6) is 0 Å². The van der Waals surface area contributed by atoms with Crippen molar-refractivity contribution in [2.45, 2.75) is 80.3 Å². The predicted octanol–water partition coefficient (Wildman–Crippen LogP) is 9.26. The van der Waals surface area contributed by atoms with Crippen molar-refractivity contribution in [1.82, 2.24) is 9.97 Å². The largest absolute Gasteiger partial charge is 0.388 e. The second-order valence-electron chi connectivity index (χ2n) is 9.01. The van der Waals surface area contributed by atoms with Crippen molar-refractivity contribution in [3.8, 4) is 0 Å². The molecule has 0 radical (unpaired) electrons. The molecule has 3 nitrogen and oxygen atoms in total. The summed E-state index contributed by atoms with van der Waals surface area (Å²) in [6.07, 6.45) is 15.3. The molecule has 2 aromatic rings. The van der Waals surface area contributed by atoms with Gasteiger partial charge >= 0.3 is 0 Å². The van der Waals surface area contributed by atoms with E-state index in [1.54, 1.807) is 28.7 Å². The molecule has 0 aliphatic rings. The predicted molar refractivity (Wildman–Crippen MR) is 163 cm³/mol. The Balaban J connectivity index is 0.000000360. The number of aliphatic hydroxyl groups excluding tert-OH is 1. The van der Waals surface area contributed by atoms with E-state index in [9.17, 15) is 5.11 Å². The maximum Gasteiger partial charge on any atom is 0.0929 e. The van der Waals surface area contributed by atoms with Crippen molar-refractivity contribution < 1.29 is 5.11 Å². The number of thiazole rings is 2. The van der Waals surface area contributed by atoms with E-state index in [1.807, 2.05) is 37.5 Å². The number of nitrogens with zero attached hydrogens (tertiary/aromatic N) is 2. The zero-order valence-electron chi connectivity index (χ0n) is 23.2. The lowest BCUT2D eigenvalue weighted by Crippen LogP contribution is -2.06. The van der Waals surface area contributed by atoms with Crippen molar-refractivity contribution in [1.29, 1.82) is 0 Å². The van der Waals surface area contributed by atoms with Crippen LogP contribution in [0, 0.1) is 5.92 Å². The van der Waals surface area contributed by atoms with Gasteiger partial charge in [-0.15, -0.1) is 22.7 Å². The van der Waals surface area contributed by atoms with Crippen LogP contribution in [0.25, 0.3) is 12.2 Å². The van der Waals surface area contributed by atoms with E-state index >= 15 is 0 Å². The molecule has 0 aromatic carbocycles. The summed E-state index contributed by atoms with van der Waals surface area (Å²) in [7, 11) is 0. The van der Waals surface area contributed by atoms with E-state index in [0.717, 1.165) is 46.8 Å². The van der Waals surface area contributed by atoms with Crippen molar-refractivity contribution in [3.63, 3.8) is 0 Å². The molecule has 2 rings (SSSR count). The van der Waals surface area contributed by atoms with Gasteiger partial charge in [0.2, 0.25) is 0 Å². The van der Waals surface area contributed by atoms with E-state index in [4.69, 9.17) is 0 Å². The topological polar surface area (TPSA) is 46.0 Å². The van der Waals surface area contributed by atoms with Gasteiger partial charge in [-0.25, -0.2) is 9.97 Å². The Morgan fingerprint density at radius 3 is 1.69 bits per heavy atom. The molecule has 2 atom stereocenters. The molecule has 0 spiro atoms. The highest BCUT2D eigenvalue weighted by Crippen LogP contribution is 2.20. The second kappa shape index (κ2) is 17.2. The average molecular weight is 525 g/mol. The minimum Gasteiger partial charge on any atom is -0.388 e. The van der Waals surface area contributed by atoms with Crippen molar-refractivity contribution >= 4 is 34.8 Å². The first-order chi connectivity index (χ1) is 17.1. The highest BCUT2D eigenvalue weighted by molar-refractivity contribution is 7.10. The van der Waals surface area contributed by atoms with Gasteiger partial charge < -0.3 is 5.11 Å². The number of aromatic nitrogens is 2. The lowest BCUT2D eigenvalue weighted by atomic mass is 9.97. The van der Waals surface area contributed by atoms with Crippen LogP contribution in [0.4, 0.5) is 0 Å². The van der Waals surface area contributed by atoms with Gasteiger partial charge in [0, 0.05) is 10.8 Å². The normalized spacial score (nSPS) is 14.7. The lowest BCUT2D eigenvalue weighted by molar-refractivity contribution is 0.215. The van der Waals surface area contributed by atoms with E-state index in [2.05, 4.69) is 75.3 Å². The molecule has 0 aliphatic carbocycles. The van der Waals surface area contributed by atoms with E-state index in [-0.39, 0.29) is 0 Å². The van der Waals surface area contributed by atoms with Crippen LogP contribution in [-0.4, -0.2) is 21.2 Å². The lowest BCUT2D eigenvalue weighted by Gasteiger charge is -2.09. The smallest absolute Gasteiger partial charge is 0.0929 e. The Kier molecular flexibility index (Phi) is 15.1. The summed E-state index contributed by atoms with van der Waals surface area (Å²) in [6, 6.07) is 0. The van der Waals surface area contributed by atoms with Crippen LogP contribution in [0.3, 0.4) is 0 Å². The number of hydrogen-bond donors (Lipinski definition) is 1. The molecule has 36 heavy (non-hydrogen) atoms. The zero-order chi connectivity index (χ0) is 27.1. The molecule has 0 aliphatic heterocycles. The van der Waals surface area contributed by atoms with Gasteiger partial charge in [-0.1, -0.05) is 75.0 Å².